The van der Waals surface area contributed by atoms with Crippen LogP contribution in [0.3, 0.4) is 0 Å². The molecule has 2 atom stereocenters. The molecular formula is C37H51NO8S. The van der Waals surface area contributed by atoms with Crippen LogP contribution in [-0.2, 0) is 33.3 Å². The quantitative estimate of drug-likeness (QED) is 0.0917. The average Bonchev–Trinajstić information content (AvgIpc) is 3.35. The molecule has 1 aliphatic rings. The van der Waals surface area contributed by atoms with E-state index < -0.39 is 29.8 Å². The van der Waals surface area contributed by atoms with Crippen LogP contribution in [0, 0.1) is 0 Å². The predicted octanol–water partition coefficient (Wildman–Crippen LogP) is 7.58. The second kappa shape index (κ2) is 19.3. The lowest BCUT2D eigenvalue weighted by atomic mass is 9.98. The van der Waals surface area contributed by atoms with Gasteiger partial charge in [0.15, 0.2) is 0 Å². The van der Waals surface area contributed by atoms with Crippen LogP contribution >= 0.6 is 11.8 Å². The molecule has 3 rings (SSSR count). The zero-order valence-corrected chi connectivity index (χ0v) is 29.3. The molecule has 47 heavy (non-hydrogen) atoms. The maximum absolute atomic E-state index is 13.2. The predicted molar refractivity (Wildman–Crippen MR) is 184 cm³/mol. The zero-order valence-electron chi connectivity index (χ0n) is 28.5. The molecule has 0 saturated heterocycles. The van der Waals surface area contributed by atoms with Crippen molar-refractivity contribution in [1.82, 2.24) is 5.32 Å². The molecule has 0 heterocycles. The highest BCUT2D eigenvalue weighted by molar-refractivity contribution is 7.99. The van der Waals surface area contributed by atoms with E-state index in [1.807, 2.05) is 36.4 Å². The highest BCUT2D eigenvalue weighted by atomic mass is 32.2. The number of rotatable bonds is 19. The molecule has 9 nitrogen and oxygen atoms in total. The molecule has 0 saturated carbocycles. The molecule has 1 amide bonds. The van der Waals surface area contributed by atoms with E-state index in [9.17, 15) is 19.2 Å². The number of hydrogen-bond acceptors (Lipinski definition) is 9. The van der Waals surface area contributed by atoms with E-state index in [2.05, 4.69) is 31.3 Å². The Labute approximate surface area is 283 Å². The summed E-state index contributed by atoms with van der Waals surface area (Å²) in [6.45, 7) is 9.41. The van der Waals surface area contributed by atoms with Crippen LogP contribution in [0.25, 0.3) is 11.1 Å². The summed E-state index contributed by atoms with van der Waals surface area (Å²) in [7, 11) is 0. The van der Waals surface area contributed by atoms with E-state index >= 15 is 0 Å². The third-order valence-corrected chi connectivity index (χ3v) is 8.79. The Balaban J connectivity index is 1.62. The standard InChI is InChI=1S/C37H51NO8S/c1-6-8-10-20-33(39)43-22-26(45-34(40)21-11-9-7-2)24-47-25-32(35(41)46-37(3,4)5)38-36(42)44-23-31-29-18-14-12-16-27(29)28-17-13-15-19-30(28)31/h12-19,26,31-32H,6-11,20-25H2,1-5H3,(H,38,42)/t26-,32+/m1/s1. The first kappa shape index (κ1) is 37.9. The topological polar surface area (TPSA) is 117 Å². The van der Waals surface area contributed by atoms with Gasteiger partial charge in [0.25, 0.3) is 0 Å². The fraction of sp³-hybridized carbons (Fsp3) is 0.568. The molecule has 258 valence electrons. The molecule has 2 aromatic rings. The van der Waals surface area contributed by atoms with E-state index in [4.69, 9.17) is 18.9 Å². The summed E-state index contributed by atoms with van der Waals surface area (Å²) in [5, 5.41) is 2.69. The summed E-state index contributed by atoms with van der Waals surface area (Å²) >= 11 is 1.29. The van der Waals surface area contributed by atoms with Gasteiger partial charge in [0.05, 0.1) is 0 Å². The van der Waals surface area contributed by atoms with Gasteiger partial charge < -0.3 is 24.3 Å². The third kappa shape index (κ3) is 12.9. The van der Waals surface area contributed by atoms with Gasteiger partial charge in [-0.15, -0.1) is 0 Å². The lowest BCUT2D eigenvalue weighted by Crippen LogP contribution is -2.46. The monoisotopic (exact) mass is 669 g/mol. The van der Waals surface area contributed by atoms with Gasteiger partial charge in [0.2, 0.25) is 0 Å². The maximum Gasteiger partial charge on any atom is 0.407 e. The Morgan fingerprint density at radius 2 is 1.36 bits per heavy atom. The van der Waals surface area contributed by atoms with Gasteiger partial charge >= 0.3 is 24.0 Å². The molecule has 0 unspecified atom stereocenters. The number of benzene rings is 2. The maximum atomic E-state index is 13.2. The minimum absolute atomic E-state index is 0.0750. The largest absolute Gasteiger partial charge is 0.462 e. The van der Waals surface area contributed by atoms with Gasteiger partial charge in [-0.2, -0.15) is 11.8 Å². The first-order valence-electron chi connectivity index (χ1n) is 16.8. The second-order valence-electron chi connectivity index (χ2n) is 12.8. The first-order valence-corrected chi connectivity index (χ1v) is 17.9. The van der Waals surface area contributed by atoms with Crippen LogP contribution in [0.1, 0.15) is 103 Å². The Morgan fingerprint density at radius 1 is 0.787 bits per heavy atom. The van der Waals surface area contributed by atoms with Crippen molar-refractivity contribution in [3.8, 4) is 11.1 Å². The second-order valence-corrected chi connectivity index (χ2v) is 13.9. The van der Waals surface area contributed by atoms with Crippen LogP contribution < -0.4 is 5.32 Å². The van der Waals surface area contributed by atoms with Crippen LogP contribution in [0.4, 0.5) is 4.79 Å². The van der Waals surface area contributed by atoms with E-state index in [1.54, 1.807) is 20.8 Å². The zero-order chi connectivity index (χ0) is 34.2. The van der Waals surface area contributed by atoms with Crippen LogP contribution in [0.2, 0.25) is 0 Å². The number of thioether (sulfide) groups is 1. The summed E-state index contributed by atoms with van der Waals surface area (Å²) in [5.74, 6) is -1.03. The molecule has 1 aliphatic carbocycles. The van der Waals surface area contributed by atoms with Crippen molar-refractivity contribution in [2.75, 3.05) is 24.7 Å². The molecule has 0 bridgehead atoms. The molecule has 2 aromatic carbocycles. The Hall–Kier alpha value is -3.53. The molecule has 0 aliphatic heterocycles. The van der Waals surface area contributed by atoms with Crippen molar-refractivity contribution in [1.29, 1.82) is 0 Å². The SMILES string of the molecule is CCCCCC(=O)OC[C@H](CSC[C@H](NC(=O)OCC1c2ccccc2-c2ccccc21)C(=O)OC(C)(C)C)OC(=O)CCCCC. The Bertz CT molecular complexity index is 1280. The summed E-state index contributed by atoms with van der Waals surface area (Å²) in [6, 6.07) is 15.1. The first-order chi connectivity index (χ1) is 22.5. The number of unbranched alkanes of at least 4 members (excludes halogenated alkanes) is 4. The number of nitrogens with one attached hydrogen (secondary N) is 1. The highest BCUT2D eigenvalue weighted by Gasteiger charge is 2.31. The van der Waals surface area contributed by atoms with Crippen molar-refractivity contribution in [2.24, 2.45) is 0 Å². The Morgan fingerprint density at radius 3 is 1.94 bits per heavy atom. The number of ether oxygens (including phenoxy) is 4. The Kier molecular flexibility index (Phi) is 15.6. The van der Waals surface area contributed by atoms with Gasteiger partial charge in [-0.1, -0.05) is 88.1 Å². The van der Waals surface area contributed by atoms with Gasteiger partial charge in [-0.25, -0.2) is 9.59 Å². The van der Waals surface area contributed by atoms with Crippen LogP contribution in [-0.4, -0.2) is 66.5 Å². The molecule has 0 radical (unpaired) electrons. The third-order valence-electron chi connectivity index (χ3n) is 7.61. The minimum Gasteiger partial charge on any atom is -0.462 e. The lowest BCUT2D eigenvalue weighted by molar-refractivity contribution is -0.158. The summed E-state index contributed by atoms with van der Waals surface area (Å²) in [4.78, 5) is 51.0. The summed E-state index contributed by atoms with van der Waals surface area (Å²) in [5.41, 5.74) is 3.63. The fourth-order valence-corrected chi connectivity index (χ4v) is 6.32. The highest BCUT2D eigenvalue weighted by Crippen LogP contribution is 2.44. The average molecular weight is 670 g/mol. The molecular weight excluding hydrogens is 618 g/mol. The molecule has 0 aromatic heterocycles. The van der Waals surface area contributed by atoms with Crippen molar-refractivity contribution >= 4 is 35.8 Å². The van der Waals surface area contributed by atoms with Gasteiger partial charge in [-0.05, 0) is 55.9 Å². The van der Waals surface area contributed by atoms with Crippen molar-refractivity contribution in [3.63, 3.8) is 0 Å². The fourth-order valence-electron chi connectivity index (χ4n) is 5.30. The van der Waals surface area contributed by atoms with Crippen LogP contribution in [0.5, 0.6) is 0 Å². The number of alkyl carbamates (subject to hydrolysis) is 1. The molecule has 1 N–H and O–H groups in total. The lowest BCUT2D eigenvalue weighted by Gasteiger charge is -2.25. The molecule has 0 fully saturated rings. The van der Waals surface area contributed by atoms with Crippen LogP contribution in [0.15, 0.2) is 48.5 Å². The molecule has 10 heteroatoms. The van der Waals surface area contributed by atoms with Crippen molar-refractivity contribution in [2.45, 2.75) is 110 Å². The minimum atomic E-state index is -1.02. The van der Waals surface area contributed by atoms with E-state index in [0.717, 1.165) is 60.8 Å². The van der Waals surface area contributed by atoms with Gasteiger partial charge in [0.1, 0.15) is 31.0 Å². The van der Waals surface area contributed by atoms with E-state index in [0.29, 0.717) is 6.42 Å². The number of carbonyl (C=O) groups is 4. The number of fused-ring (bicyclic) bond motifs is 3. The number of carbonyl (C=O) groups excluding carboxylic acids is 4. The normalized spacial score (nSPS) is 13.6. The smallest absolute Gasteiger partial charge is 0.407 e. The number of amides is 1. The van der Waals surface area contributed by atoms with Crippen molar-refractivity contribution < 1.29 is 38.1 Å². The summed E-state index contributed by atoms with van der Waals surface area (Å²) in [6.07, 6.45) is 4.44. The van der Waals surface area contributed by atoms with E-state index in [1.165, 1.54) is 11.8 Å². The number of esters is 3. The van der Waals surface area contributed by atoms with Gasteiger partial charge in [-0.3, -0.25) is 9.59 Å². The van der Waals surface area contributed by atoms with Crippen molar-refractivity contribution in [3.05, 3.63) is 59.7 Å². The molecule has 0 spiro atoms. The van der Waals surface area contributed by atoms with Gasteiger partial charge in [0, 0.05) is 30.3 Å². The summed E-state index contributed by atoms with van der Waals surface area (Å²) < 4.78 is 22.4. The number of hydrogen-bond donors (Lipinski definition) is 1. The van der Waals surface area contributed by atoms with E-state index in [-0.39, 0.29) is 49.0 Å².